The van der Waals surface area contributed by atoms with Crippen molar-refractivity contribution in [2.45, 2.75) is 37.0 Å². The van der Waals surface area contributed by atoms with Crippen LogP contribution in [0.5, 0.6) is 0 Å². The van der Waals surface area contributed by atoms with Crippen LogP contribution in [-0.4, -0.2) is 43.0 Å². The third-order valence-corrected chi connectivity index (χ3v) is 4.61. The Morgan fingerprint density at radius 1 is 1.18 bits per heavy atom. The van der Waals surface area contributed by atoms with Crippen LogP contribution in [0.15, 0.2) is 40.4 Å². The summed E-state index contributed by atoms with van der Waals surface area (Å²) in [5.41, 5.74) is 0.228. The molecule has 0 fully saturated rings. The van der Waals surface area contributed by atoms with Gasteiger partial charge in [0.15, 0.2) is 0 Å². The number of carbonyl (C=O) groups excluding carboxylic acids is 3. The van der Waals surface area contributed by atoms with E-state index >= 15 is 0 Å². The summed E-state index contributed by atoms with van der Waals surface area (Å²) in [4.78, 5) is 36.5. The molecule has 2 amide bonds. The van der Waals surface area contributed by atoms with Gasteiger partial charge in [-0.2, -0.15) is 8.78 Å². The first-order chi connectivity index (χ1) is 13.4. The van der Waals surface area contributed by atoms with Crippen molar-refractivity contribution < 1.29 is 32.6 Å². The van der Waals surface area contributed by atoms with E-state index in [2.05, 4.69) is 10.6 Å². The van der Waals surface area contributed by atoms with Crippen LogP contribution in [0, 0.1) is 0 Å². The lowest BCUT2D eigenvalue weighted by molar-refractivity contribution is -0.139. The highest BCUT2D eigenvalue weighted by Gasteiger charge is 2.32. The first kappa shape index (κ1) is 21.7. The lowest BCUT2D eigenvalue weighted by atomic mass is 10.0. The van der Waals surface area contributed by atoms with E-state index in [0.29, 0.717) is 6.42 Å². The van der Waals surface area contributed by atoms with Crippen molar-refractivity contribution in [2.75, 3.05) is 13.2 Å². The second kappa shape index (κ2) is 10.1. The number of benzene rings is 1. The number of carbonyl (C=O) groups is 3. The molecule has 0 spiro atoms. The van der Waals surface area contributed by atoms with Gasteiger partial charge in [-0.05, 0) is 25.5 Å². The topological polar surface area (TPSA) is 93.7 Å². The molecule has 1 aliphatic rings. The predicted octanol–water partition coefficient (Wildman–Crippen LogP) is 3.07. The van der Waals surface area contributed by atoms with Crippen molar-refractivity contribution in [1.82, 2.24) is 10.6 Å². The zero-order chi connectivity index (χ0) is 20.7. The first-order valence-electron chi connectivity index (χ1n) is 8.55. The molecule has 1 aromatic carbocycles. The molecule has 0 unspecified atom stereocenters. The molecule has 2 N–H and O–H groups in total. The van der Waals surface area contributed by atoms with Crippen LogP contribution in [0.4, 0.5) is 13.6 Å². The normalized spacial score (nSPS) is 16.5. The number of thioether (sulfide) groups is 1. The van der Waals surface area contributed by atoms with E-state index in [4.69, 9.17) is 9.47 Å². The number of hydrogen-bond acceptors (Lipinski definition) is 6. The third kappa shape index (κ3) is 5.44. The van der Waals surface area contributed by atoms with Crippen LogP contribution in [-0.2, 0) is 14.3 Å². The van der Waals surface area contributed by atoms with Crippen LogP contribution < -0.4 is 10.6 Å². The fourth-order valence-corrected chi connectivity index (χ4v) is 3.25. The Hall–Kier alpha value is -2.62. The molecule has 0 radical (unpaired) electrons. The molecular formula is C18H20F2N2O5S. The van der Waals surface area contributed by atoms with Crippen LogP contribution in [0.1, 0.15) is 30.6 Å². The van der Waals surface area contributed by atoms with E-state index in [-0.39, 0.29) is 40.1 Å². The molecule has 1 aliphatic heterocycles. The van der Waals surface area contributed by atoms with Gasteiger partial charge in [-0.15, -0.1) is 0 Å². The number of ether oxygens (including phenoxy) is 2. The summed E-state index contributed by atoms with van der Waals surface area (Å²) in [6, 6.07) is 4.67. The number of hydrogen-bond donors (Lipinski definition) is 2. The number of nitrogens with one attached hydrogen (secondary N) is 2. The lowest BCUT2D eigenvalue weighted by Gasteiger charge is -2.28. The van der Waals surface area contributed by atoms with Gasteiger partial charge in [0.1, 0.15) is 6.61 Å². The molecular weight excluding hydrogens is 394 g/mol. The molecule has 0 saturated carbocycles. The van der Waals surface area contributed by atoms with Gasteiger partial charge >= 0.3 is 18.0 Å². The zero-order valence-corrected chi connectivity index (χ0v) is 16.1. The van der Waals surface area contributed by atoms with E-state index in [1.165, 1.54) is 24.3 Å². The molecule has 152 valence electrons. The Morgan fingerprint density at radius 3 is 2.54 bits per heavy atom. The van der Waals surface area contributed by atoms with E-state index in [1.807, 2.05) is 0 Å². The first-order valence-corrected chi connectivity index (χ1v) is 9.43. The van der Waals surface area contributed by atoms with Crippen molar-refractivity contribution in [2.24, 2.45) is 0 Å². The minimum absolute atomic E-state index is 0.0293. The highest BCUT2D eigenvalue weighted by molar-refractivity contribution is 7.99. The quantitative estimate of drug-likeness (QED) is 0.502. The summed E-state index contributed by atoms with van der Waals surface area (Å²) in [5, 5.41) is 5.05. The maximum absolute atomic E-state index is 12.7. The Morgan fingerprint density at radius 2 is 1.89 bits per heavy atom. The second-order valence-electron chi connectivity index (χ2n) is 5.62. The Labute approximate surface area is 164 Å². The van der Waals surface area contributed by atoms with Crippen LogP contribution in [0.3, 0.4) is 0 Å². The van der Waals surface area contributed by atoms with Crippen molar-refractivity contribution in [3.63, 3.8) is 0 Å². The van der Waals surface area contributed by atoms with Gasteiger partial charge in [0.2, 0.25) is 0 Å². The summed E-state index contributed by atoms with van der Waals surface area (Å²) in [6.45, 7) is 3.14. The monoisotopic (exact) mass is 414 g/mol. The van der Waals surface area contributed by atoms with E-state index in [9.17, 15) is 23.2 Å². The highest BCUT2D eigenvalue weighted by Crippen LogP contribution is 2.29. The summed E-state index contributed by atoms with van der Waals surface area (Å²) in [7, 11) is 0. The molecule has 1 atom stereocenters. The van der Waals surface area contributed by atoms with Crippen molar-refractivity contribution in [1.29, 1.82) is 0 Å². The van der Waals surface area contributed by atoms with Crippen molar-refractivity contribution in [3.05, 3.63) is 41.1 Å². The number of esters is 2. The van der Waals surface area contributed by atoms with Gasteiger partial charge in [0, 0.05) is 4.90 Å². The molecule has 10 heteroatoms. The summed E-state index contributed by atoms with van der Waals surface area (Å²) >= 11 is 0.231. The second-order valence-corrected chi connectivity index (χ2v) is 6.65. The molecule has 0 aliphatic carbocycles. The minimum Gasteiger partial charge on any atom is -0.463 e. The third-order valence-electron chi connectivity index (χ3n) is 3.82. The molecule has 7 nitrogen and oxygen atoms in total. The van der Waals surface area contributed by atoms with Crippen molar-refractivity contribution in [3.8, 4) is 0 Å². The van der Waals surface area contributed by atoms with Gasteiger partial charge in [-0.3, -0.25) is 0 Å². The molecule has 0 saturated heterocycles. The highest BCUT2D eigenvalue weighted by atomic mass is 32.2. The Balaban J connectivity index is 2.23. The summed E-state index contributed by atoms with van der Waals surface area (Å²) < 4.78 is 35.6. The maximum atomic E-state index is 12.7. The van der Waals surface area contributed by atoms with Crippen LogP contribution in [0.2, 0.25) is 0 Å². The largest absolute Gasteiger partial charge is 0.463 e. The van der Waals surface area contributed by atoms with Gasteiger partial charge < -0.3 is 20.1 Å². The number of urea groups is 1. The fourth-order valence-electron chi connectivity index (χ4n) is 2.63. The Kier molecular flexibility index (Phi) is 7.80. The molecule has 1 aromatic rings. The SMILES string of the molecule is CCOC(=O)C1=C(COC(=O)c2ccccc2SC(F)F)NC(=O)N[C@@H]1CC. The van der Waals surface area contributed by atoms with Gasteiger partial charge in [0.05, 0.1) is 29.5 Å². The van der Waals surface area contributed by atoms with Crippen LogP contribution in [0.25, 0.3) is 0 Å². The van der Waals surface area contributed by atoms with E-state index in [0.717, 1.165) is 0 Å². The van der Waals surface area contributed by atoms with E-state index < -0.39 is 36.4 Å². The Bertz CT molecular complexity index is 785. The molecule has 2 rings (SSSR count). The minimum atomic E-state index is -2.69. The molecule has 0 aromatic heterocycles. The van der Waals surface area contributed by atoms with Gasteiger partial charge in [-0.1, -0.05) is 30.8 Å². The smallest absolute Gasteiger partial charge is 0.339 e. The number of amides is 2. The fraction of sp³-hybridized carbons (Fsp3) is 0.389. The summed E-state index contributed by atoms with van der Waals surface area (Å²) in [5.74, 6) is -4.18. The van der Waals surface area contributed by atoms with Crippen molar-refractivity contribution >= 4 is 29.7 Å². The lowest BCUT2D eigenvalue weighted by Crippen LogP contribution is -2.51. The van der Waals surface area contributed by atoms with Crippen LogP contribution >= 0.6 is 11.8 Å². The number of halogens is 2. The van der Waals surface area contributed by atoms with E-state index in [1.54, 1.807) is 13.8 Å². The maximum Gasteiger partial charge on any atom is 0.339 e. The average molecular weight is 414 g/mol. The molecule has 28 heavy (non-hydrogen) atoms. The molecule has 1 heterocycles. The predicted molar refractivity (Wildman–Crippen MR) is 98.0 cm³/mol. The zero-order valence-electron chi connectivity index (χ0n) is 15.3. The number of rotatable bonds is 8. The van der Waals surface area contributed by atoms with Gasteiger partial charge in [-0.25, -0.2) is 14.4 Å². The molecule has 0 bridgehead atoms. The summed E-state index contributed by atoms with van der Waals surface area (Å²) in [6.07, 6.45) is 0.423. The van der Waals surface area contributed by atoms with Gasteiger partial charge in [0.25, 0.3) is 5.76 Å². The number of alkyl halides is 2. The average Bonchev–Trinajstić information content (AvgIpc) is 2.65. The standard InChI is InChI=1S/C18H20F2N2O5S/c1-3-11-14(16(24)26-4-2)12(22-18(25)21-11)9-27-15(23)10-7-5-6-8-13(10)28-17(19)20/h5-8,11,17H,3-4,9H2,1-2H3,(H2,21,22,25)/t11-/m1/s1.